The molecule has 6 nitrogen and oxygen atoms in total. The number of carbonyl (C=O) groups excluding carboxylic acids is 1. The van der Waals surface area contributed by atoms with Gasteiger partial charge < -0.3 is 16.0 Å². The van der Waals surface area contributed by atoms with E-state index in [-0.39, 0.29) is 5.91 Å². The summed E-state index contributed by atoms with van der Waals surface area (Å²) in [6, 6.07) is 5.82. The molecule has 1 aliphatic rings. The summed E-state index contributed by atoms with van der Waals surface area (Å²) in [7, 11) is 1.73. The Morgan fingerprint density at radius 3 is 2.67 bits per heavy atom. The minimum absolute atomic E-state index is 0.167. The van der Waals surface area contributed by atoms with Crippen LogP contribution in [0.3, 0.4) is 0 Å². The van der Waals surface area contributed by atoms with Gasteiger partial charge in [0.05, 0.1) is 12.2 Å². The number of nitrogens with one attached hydrogen (secondary N) is 3. The zero-order valence-electron chi connectivity index (χ0n) is 14.6. The predicted molar refractivity (Wildman–Crippen MR) is 96.6 cm³/mol. The molecule has 6 heteroatoms. The first-order chi connectivity index (χ1) is 11.8. The molecule has 0 radical (unpaired) electrons. The van der Waals surface area contributed by atoms with E-state index in [1.807, 2.05) is 18.2 Å². The molecule has 1 saturated carbocycles. The minimum atomic E-state index is 0.167. The van der Waals surface area contributed by atoms with Gasteiger partial charge in [-0.15, -0.1) is 0 Å². The topological polar surface area (TPSA) is 78.4 Å². The summed E-state index contributed by atoms with van der Waals surface area (Å²) in [5.41, 5.74) is 0.959. The monoisotopic (exact) mass is 331 g/mol. The number of pyridine rings is 1. The predicted octanol–water partition coefficient (Wildman–Crippen LogP) is 1.83. The summed E-state index contributed by atoms with van der Waals surface area (Å²) in [4.78, 5) is 20.4. The third-order valence-electron chi connectivity index (χ3n) is 4.33. The Balaban J connectivity index is 1.57. The maximum atomic E-state index is 11.9. The van der Waals surface area contributed by atoms with Gasteiger partial charge in [-0.1, -0.05) is 25.3 Å². The Kier molecular flexibility index (Phi) is 8.07. The number of nitrogens with zero attached hydrogens (tertiary/aromatic N) is 2. The van der Waals surface area contributed by atoms with Crippen molar-refractivity contribution in [3.05, 3.63) is 30.1 Å². The average molecular weight is 331 g/mol. The highest BCUT2D eigenvalue weighted by Crippen LogP contribution is 2.25. The summed E-state index contributed by atoms with van der Waals surface area (Å²) in [5.74, 6) is 1.46. The maximum Gasteiger partial charge on any atom is 0.220 e. The van der Waals surface area contributed by atoms with Crippen molar-refractivity contribution in [2.75, 3.05) is 20.1 Å². The Morgan fingerprint density at radius 2 is 1.96 bits per heavy atom. The first-order valence-corrected chi connectivity index (χ1v) is 8.89. The second-order valence-corrected chi connectivity index (χ2v) is 6.23. The van der Waals surface area contributed by atoms with E-state index in [9.17, 15) is 4.79 Å². The van der Waals surface area contributed by atoms with E-state index in [0.717, 1.165) is 5.69 Å². The maximum absolute atomic E-state index is 11.9. The molecule has 1 fully saturated rings. The molecule has 0 saturated heterocycles. The summed E-state index contributed by atoms with van der Waals surface area (Å²) in [6.45, 7) is 1.88. The van der Waals surface area contributed by atoms with Crippen molar-refractivity contribution in [1.29, 1.82) is 0 Å². The highest BCUT2D eigenvalue weighted by Gasteiger charge is 2.16. The Bertz CT molecular complexity index is 511. The Hall–Kier alpha value is -2.11. The van der Waals surface area contributed by atoms with E-state index in [2.05, 4.69) is 25.9 Å². The molecule has 1 aromatic heterocycles. The van der Waals surface area contributed by atoms with Gasteiger partial charge in [0.25, 0.3) is 0 Å². The van der Waals surface area contributed by atoms with Crippen LogP contribution in [0.4, 0.5) is 0 Å². The third kappa shape index (κ3) is 6.98. The molecule has 1 aromatic rings. The normalized spacial score (nSPS) is 15.8. The molecule has 0 atom stereocenters. The van der Waals surface area contributed by atoms with Gasteiger partial charge in [0.2, 0.25) is 5.91 Å². The summed E-state index contributed by atoms with van der Waals surface area (Å²) in [6.07, 6.45) is 8.73. The van der Waals surface area contributed by atoms with Gasteiger partial charge in [0.15, 0.2) is 5.96 Å². The second kappa shape index (κ2) is 10.6. The number of amides is 1. The number of hydrogen-bond acceptors (Lipinski definition) is 3. The third-order valence-corrected chi connectivity index (χ3v) is 4.33. The van der Waals surface area contributed by atoms with Gasteiger partial charge in [-0.2, -0.15) is 0 Å². The number of aliphatic imine (C=N–C) groups is 1. The number of rotatable bonds is 7. The Morgan fingerprint density at radius 1 is 1.17 bits per heavy atom. The van der Waals surface area contributed by atoms with Gasteiger partial charge in [-0.3, -0.25) is 14.8 Å². The van der Waals surface area contributed by atoms with Crippen molar-refractivity contribution in [3.8, 4) is 0 Å². The summed E-state index contributed by atoms with van der Waals surface area (Å²) < 4.78 is 0. The lowest BCUT2D eigenvalue weighted by Gasteiger charge is -2.20. The molecule has 24 heavy (non-hydrogen) atoms. The fourth-order valence-electron chi connectivity index (χ4n) is 3.01. The van der Waals surface area contributed by atoms with Crippen molar-refractivity contribution in [1.82, 2.24) is 20.9 Å². The smallest absolute Gasteiger partial charge is 0.220 e. The average Bonchev–Trinajstić information content (AvgIpc) is 2.63. The van der Waals surface area contributed by atoms with Crippen LogP contribution in [0.5, 0.6) is 0 Å². The fourth-order valence-corrected chi connectivity index (χ4v) is 3.01. The number of carbonyl (C=O) groups is 1. The largest absolute Gasteiger partial charge is 0.355 e. The van der Waals surface area contributed by atoms with Crippen LogP contribution in [-0.4, -0.2) is 37.0 Å². The van der Waals surface area contributed by atoms with Gasteiger partial charge in [0.1, 0.15) is 0 Å². The molecule has 3 N–H and O–H groups in total. The van der Waals surface area contributed by atoms with Gasteiger partial charge >= 0.3 is 0 Å². The van der Waals surface area contributed by atoms with Crippen LogP contribution < -0.4 is 16.0 Å². The van der Waals surface area contributed by atoms with Crippen molar-refractivity contribution >= 4 is 11.9 Å². The highest BCUT2D eigenvalue weighted by atomic mass is 16.1. The van der Waals surface area contributed by atoms with Gasteiger partial charge in [0, 0.05) is 32.8 Å². The van der Waals surface area contributed by atoms with Crippen LogP contribution in [-0.2, 0) is 11.3 Å². The molecule has 0 unspecified atom stereocenters. The van der Waals surface area contributed by atoms with Gasteiger partial charge in [-0.25, -0.2) is 0 Å². The molecule has 0 aromatic carbocycles. The van der Waals surface area contributed by atoms with E-state index in [4.69, 9.17) is 0 Å². The second-order valence-electron chi connectivity index (χ2n) is 6.23. The Labute approximate surface area is 144 Å². The number of aromatic nitrogens is 1. The first kappa shape index (κ1) is 18.2. The quantitative estimate of drug-likeness (QED) is 0.405. The molecule has 1 aliphatic carbocycles. The van der Waals surface area contributed by atoms with Crippen LogP contribution >= 0.6 is 0 Å². The minimum Gasteiger partial charge on any atom is -0.355 e. The molecule has 2 rings (SSSR count). The standard InChI is InChI=1S/C18H29N5O/c1-19-18(23-14-16-9-5-6-10-20-16)22-12-11-21-17(24)13-15-7-3-2-4-8-15/h5-6,9-10,15H,2-4,7-8,11-14H2,1H3,(H,21,24)(H2,19,22,23). The molecule has 1 heterocycles. The fraction of sp³-hybridized carbons (Fsp3) is 0.611. The van der Waals surface area contributed by atoms with Crippen molar-refractivity contribution in [2.45, 2.75) is 45.1 Å². The van der Waals surface area contributed by atoms with Crippen molar-refractivity contribution in [2.24, 2.45) is 10.9 Å². The molecule has 0 aliphatic heterocycles. The summed E-state index contributed by atoms with van der Waals surface area (Å²) >= 11 is 0. The molecule has 1 amide bonds. The van der Waals surface area contributed by atoms with Crippen LogP contribution in [0.2, 0.25) is 0 Å². The van der Waals surface area contributed by atoms with Crippen LogP contribution in [0.15, 0.2) is 29.4 Å². The number of hydrogen-bond donors (Lipinski definition) is 3. The lowest BCUT2D eigenvalue weighted by Crippen LogP contribution is -2.41. The van der Waals surface area contributed by atoms with E-state index < -0.39 is 0 Å². The van der Waals surface area contributed by atoms with E-state index >= 15 is 0 Å². The molecule has 132 valence electrons. The molecular weight excluding hydrogens is 302 g/mol. The number of guanidine groups is 1. The lowest BCUT2D eigenvalue weighted by molar-refractivity contribution is -0.122. The van der Waals surface area contributed by atoms with Gasteiger partial charge in [-0.05, 0) is 30.9 Å². The van der Waals surface area contributed by atoms with E-state index in [0.29, 0.717) is 37.9 Å². The summed E-state index contributed by atoms with van der Waals surface area (Å²) in [5, 5.41) is 9.38. The van der Waals surface area contributed by atoms with Crippen molar-refractivity contribution in [3.63, 3.8) is 0 Å². The van der Waals surface area contributed by atoms with E-state index in [1.165, 1.54) is 32.1 Å². The zero-order chi connectivity index (χ0) is 17.0. The molecule has 0 bridgehead atoms. The van der Waals surface area contributed by atoms with Crippen LogP contribution in [0, 0.1) is 5.92 Å². The SMILES string of the molecule is CN=C(NCCNC(=O)CC1CCCCC1)NCc1ccccn1. The van der Waals surface area contributed by atoms with Crippen molar-refractivity contribution < 1.29 is 4.79 Å². The lowest BCUT2D eigenvalue weighted by atomic mass is 9.87. The zero-order valence-corrected chi connectivity index (χ0v) is 14.6. The van der Waals surface area contributed by atoms with Crippen LogP contribution in [0.1, 0.15) is 44.2 Å². The first-order valence-electron chi connectivity index (χ1n) is 8.89. The molecular formula is C18H29N5O. The van der Waals surface area contributed by atoms with Crippen LogP contribution in [0.25, 0.3) is 0 Å². The van der Waals surface area contributed by atoms with E-state index in [1.54, 1.807) is 13.2 Å². The molecule has 0 spiro atoms. The highest BCUT2D eigenvalue weighted by molar-refractivity contribution is 5.79.